The summed E-state index contributed by atoms with van der Waals surface area (Å²) in [6.07, 6.45) is 2.18. The first-order chi connectivity index (χ1) is 22.3. The van der Waals surface area contributed by atoms with Crippen molar-refractivity contribution in [1.29, 1.82) is 0 Å². The van der Waals surface area contributed by atoms with Crippen LogP contribution in [-0.4, -0.2) is 70.3 Å². The van der Waals surface area contributed by atoms with Crippen molar-refractivity contribution in [3.8, 4) is 22.3 Å². The first kappa shape index (κ1) is 32.6. The van der Waals surface area contributed by atoms with Gasteiger partial charge in [-0.1, -0.05) is 60.7 Å². The second-order valence-corrected chi connectivity index (χ2v) is 11.4. The van der Waals surface area contributed by atoms with Crippen LogP contribution in [0.1, 0.15) is 25.7 Å². The van der Waals surface area contributed by atoms with Crippen LogP contribution < -0.4 is 11.5 Å². The quantitative estimate of drug-likeness (QED) is 0.168. The van der Waals surface area contributed by atoms with Crippen LogP contribution in [0.5, 0.6) is 0 Å². The molecule has 0 atom stereocenters. The fraction of sp³-hybridized carbons (Fsp3) is 0.278. The molecule has 8 nitrogen and oxygen atoms in total. The standard InChI is InChI=1S/2C18H20FN3O/c19-14-6-7-17(16(12-14)13-4-2-1-3-5-13)21-18(20)22-10-8-15(23)9-11-22;19-14-6-7-16(13-4-2-1-3-5-13)17(12-14)21-18(20)22-10-8-15(23)9-11-22/h2*1-7,12,15,23H,8-11H2,(H2,20,21). The Balaban J connectivity index is 0.000000181. The maximum absolute atomic E-state index is 13.7. The predicted octanol–water partition coefficient (Wildman–Crippen LogP) is 5.79. The zero-order valence-electron chi connectivity index (χ0n) is 25.6. The Labute approximate surface area is 268 Å². The SMILES string of the molecule is NC(=Nc1cc(F)ccc1-c1ccccc1)N1CCC(O)CC1.NC(=Nc1ccc(F)cc1-c1ccccc1)N1CCC(O)CC1. The van der Waals surface area contributed by atoms with Crippen molar-refractivity contribution in [3.63, 3.8) is 0 Å². The fourth-order valence-corrected chi connectivity index (χ4v) is 5.49. The first-order valence-corrected chi connectivity index (χ1v) is 15.5. The summed E-state index contributed by atoms with van der Waals surface area (Å²) in [6.45, 7) is 2.68. The summed E-state index contributed by atoms with van der Waals surface area (Å²) in [7, 11) is 0. The van der Waals surface area contributed by atoms with E-state index in [1.807, 2.05) is 70.5 Å². The van der Waals surface area contributed by atoms with E-state index in [1.165, 1.54) is 24.3 Å². The molecule has 0 amide bonds. The van der Waals surface area contributed by atoms with E-state index in [0.717, 1.165) is 16.7 Å². The predicted molar refractivity (Wildman–Crippen MR) is 180 cm³/mol. The number of aliphatic hydroxyl groups excluding tert-OH is 2. The van der Waals surface area contributed by atoms with Crippen molar-refractivity contribution in [2.24, 2.45) is 21.5 Å². The Morgan fingerprint density at radius 2 is 1.00 bits per heavy atom. The van der Waals surface area contributed by atoms with E-state index in [-0.39, 0.29) is 23.8 Å². The molecule has 2 heterocycles. The minimum atomic E-state index is -0.342. The van der Waals surface area contributed by atoms with Crippen molar-refractivity contribution in [2.75, 3.05) is 26.2 Å². The van der Waals surface area contributed by atoms with Crippen LogP contribution in [-0.2, 0) is 0 Å². The molecule has 6 N–H and O–H groups in total. The van der Waals surface area contributed by atoms with Gasteiger partial charge in [-0.05, 0) is 67.1 Å². The largest absolute Gasteiger partial charge is 0.393 e. The molecule has 2 aliphatic rings. The van der Waals surface area contributed by atoms with Gasteiger partial charge >= 0.3 is 0 Å². The van der Waals surface area contributed by atoms with E-state index in [2.05, 4.69) is 9.98 Å². The molecular formula is C36H40F2N6O2. The van der Waals surface area contributed by atoms with Gasteiger partial charge in [0.15, 0.2) is 11.9 Å². The summed E-state index contributed by atoms with van der Waals surface area (Å²) in [5.41, 5.74) is 16.8. The summed E-state index contributed by atoms with van der Waals surface area (Å²) < 4.78 is 27.3. The Hall–Kier alpha value is -4.80. The molecule has 2 fully saturated rings. The van der Waals surface area contributed by atoms with Gasteiger partial charge in [0, 0.05) is 43.4 Å². The highest BCUT2D eigenvalue weighted by Crippen LogP contribution is 2.32. The molecule has 10 heteroatoms. The number of halogens is 2. The first-order valence-electron chi connectivity index (χ1n) is 15.5. The number of nitrogens with two attached hydrogens (primary N) is 2. The molecule has 0 saturated carbocycles. The molecule has 0 unspecified atom stereocenters. The van der Waals surface area contributed by atoms with Crippen LogP contribution >= 0.6 is 0 Å². The second-order valence-electron chi connectivity index (χ2n) is 11.4. The summed E-state index contributed by atoms with van der Waals surface area (Å²) >= 11 is 0. The van der Waals surface area contributed by atoms with Gasteiger partial charge in [-0.25, -0.2) is 18.8 Å². The van der Waals surface area contributed by atoms with Gasteiger partial charge in [0.1, 0.15) is 11.6 Å². The normalized spacial score (nSPS) is 16.6. The minimum Gasteiger partial charge on any atom is -0.393 e. The molecule has 240 valence electrons. The summed E-state index contributed by atoms with van der Waals surface area (Å²) in [6, 6.07) is 28.3. The lowest BCUT2D eigenvalue weighted by atomic mass is 10.0. The lowest BCUT2D eigenvalue weighted by molar-refractivity contribution is 0.108. The lowest BCUT2D eigenvalue weighted by Crippen LogP contribution is -2.43. The molecule has 0 bridgehead atoms. The van der Waals surface area contributed by atoms with E-state index < -0.39 is 0 Å². The molecule has 0 aromatic heterocycles. The fourth-order valence-electron chi connectivity index (χ4n) is 5.49. The molecule has 6 rings (SSSR count). The average Bonchev–Trinajstić information content (AvgIpc) is 3.07. The molecule has 4 aromatic carbocycles. The molecular weight excluding hydrogens is 586 g/mol. The maximum Gasteiger partial charge on any atom is 0.196 e. The van der Waals surface area contributed by atoms with Crippen LogP contribution in [0.2, 0.25) is 0 Å². The number of rotatable bonds is 4. The van der Waals surface area contributed by atoms with E-state index in [4.69, 9.17) is 11.5 Å². The average molecular weight is 627 g/mol. The minimum absolute atomic E-state index is 0.259. The molecule has 2 aliphatic heterocycles. The third kappa shape index (κ3) is 8.68. The number of benzene rings is 4. The molecule has 46 heavy (non-hydrogen) atoms. The zero-order valence-corrected chi connectivity index (χ0v) is 25.6. The van der Waals surface area contributed by atoms with Gasteiger partial charge in [-0.2, -0.15) is 0 Å². The highest BCUT2D eigenvalue weighted by Gasteiger charge is 2.20. The van der Waals surface area contributed by atoms with Crippen LogP contribution in [0.3, 0.4) is 0 Å². The summed E-state index contributed by atoms with van der Waals surface area (Å²) in [5.74, 6) is 0.119. The van der Waals surface area contributed by atoms with Gasteiger partial charge in [-0.15, -0.1) is 0 Å². The molecule has 0 aliphatic carbocycles. The van der Waals surface area contributed by atoms with Gasteiger partial charge < -0.3 is 31.5 Å². The number of hydrogen-bond acceptors (Lipinski definition) is 4. The highest BCUT2D eigenvalue weighted by atomic mass is 19.1. The van der Waals surface area contributed by atoms with Crippen LogP contribution in [0.25, 0.3) is 22.3 Å². The van der Waals surface area contributed by atoms with Crippen LogP contribution in [0.4, 0.5) is 20.2 Å². The Morgan fingerprint density at radius 3 is 1.52 bits per heavy atom. The van der Waals surface area contributed by atoms with Crippen molar-refractivity contribution in [2.45, 2.75) is 37.9 Å². The third-order valence-electron chi connectivity index (χ3n) is 8.13. The summed E-state index contributed by atoms with van der Waals surface area (Å²) in [4.78, 5) is 12.8. The van der Waals surface area contributed by atoms with E-state index in [9.17, 15) is 19.0 Å². The molecule has 0 radical (unpaired) electrons. The molecule has 0 spiro atoms. The number of aliphatic hydroxyl groups is 2. The smallest absolute Gasteiger partial charge is 0.196 e. The van der Waals surface area contributed by atoms with Crippen LogP contribution in [0.15, 0.2) is 107 Å². The Morgan fingerprint density at radius 1 is 0.565 bits per heavy atom. The Kier molecular flexibility index (Phi) is 11.0. The van der Waals surface area contributed by atoms with E-state index >= 15 is 0 Å². The second kappa shape index (κ2) is 15.5. The number of hydrogen-bond donors (Lipinski definition) is 4. The van der Waals surface area contributed by atoms with Gasteiger partial charge in [0.25, 0.3) is 0 Å². The topological polar surface area (TPSA) is 124 Å². The number of guanidine groups is 2. The van der Waals surface area contributed by atoms with Gasteiger partial charge in [0.2, 0.25) is 0 Å². The number of piperidine rings is 2. The molecule has 4 aromatic rings. The van der Waals surface area contributed by atoms with Crippen LogP contribution in [0, 0.1) is 11.6 Å². The Bertz CT molecular complexity index is 1640. The third-order valence-corrected chi connectivity index (χ3v) is 8.13. The van der Waals surface area contributed by atoms with Gasteiger partial charge in [0.05, 0.1) is 23.6 Å². The number of nitrogens with zero attached hydrogens (tertiary/aromatic N) is 4. The molecule has 2 saturated heterocycles. The maximum atomic E-state index is 13.7. The highest BCUT2D eigenvalue weighted by molar-refractivity contribution is 5.86. The zero-order chi connectivity index (χ0) is 32.5. The van der Waals surface area contributed by atoms with E-state index in [1.54, 1.807) is 12.1 Å². The van der Waals surface area contributed by atoms with Gasteiger partial charge in [-0.3, -0.25) is 0 Å². The van der Waals surface area contributed by atoms with Crippen molar-refractivity contribution < 1.29 is 19.0 Å². The van der Waals surface area contributed by atoms with Crippen molar-refractivity contribution in [3.05, 3.63) is 109 Å². The van der Waals surface area contributed by atoms with Crippen molar-refractivity contribution >= 4 is 23.3 Å². The monoisotopic (exact) mass is 626 g/mol. The number of likely N-dealkylation sites (tertiary alicyclic amines) is 2. The van der Waals surface area contributed by atoms with E-state index in [0.29, 0.717) is 80.7 Å². The van der Waals surface area contributed by atoms with Crippen molar-refractivity contribution in [1.82, 2.24) is 9.80 Å². The lowest BCUT2D eigenvalue weighted by Gasteiger charge is -2.30. The number of aliphatic imine (C=N–C) groups is 2. The summed E-state index contributed by atoms with van der Waals surface area (Å²) in [5, 5.41) is 19.1.